The molecular formula is C24H17BrF3N3O3. The van der Waals surface area contributed by atoms with Gasteiger partial charge in [-0.25, -0.2) is 4.79 Å². The van der Waals surface area contributed by atoms with Gasteiger partial charge in [0.25, 0.3) is 0 Å². The van der Waals surface area contributed by atoms with E-state index in [9.17, 15) is 18.0 Å². The van der Waals surface area contributed by atoms with Gasteiger partial charge in [-0.15, -0.1) is 0 Å². The molecule has 34 heavy (non-hydrogen) atoms. The Balaban J connectivity index is 1.44. The summed E-state index contributed by atoms with van der Waals surface area (Å²) in [6, 6.07) is 16.5. The number of methoxy groups -OCH3 is 1. The molecule has 1 aromatic heterocycles. The van der Waals surface area contributed by atoms with E-state index in [4.69, 9.17) is 9.47 Å². The van der Waals surface area contributed by atoms with E-state index in [1.807, 2.05) is 18.2 Å². The number of hydrogen-bond acceptors (Lipinski definition) is 4. The molecule has 4 rings (SSSR count). The van der Waals surface area contributed by atoms with Crippen molar-refractivity contribution in [1.82, 2.24) is 4.98 Å². The SMILES string of the molecule is COc1ccc2nccc(Oc3ccc(NC(=O)Nc4ccc(Br)c(C(F)(F)F)c4)cc3)c2c1. The number of urea groups is 1. The summed E-state index contributed by atoms with van der Waals surface area (Å²) in [6.07, 6.45) is -2.91. The summed E-state index contributed by atoms with van der Waals surface area (Å²) in [6.45, 7) is 0. The minimum atomic E-state index is -4.55. The fraction of sp³-hybridized carbons (Fsp3) is 0.0833. The monoisotopic (exact) mass is 531 g/mol. The maximum absolute atomic E-state index is 13.1. The summed E-state index contributed by atoms with van der Waals surface area (Å²) in [7, 11) is 1.58. The molecule has 0 radical (unpaired) electrons. The van der Waals surface area contributed by atoms with Gasteiger partial charge in [0, 0.05) is 27.4 Å². The maximum Gasteiger partial charge on any atom is 0.417 e. The van der Waals surface area contributed by atoms with Crippen molar-refractivity contribution < 1.29 is 27.4 Å². The standard InChI is InChI=1S/C24H17BrF3N3O3/c1-33-17-7-9-21-18(13-17)22(10-11-29-21)34-16-5-2-14(3-6-16)30-23(32)31-15-4-8-20(25)19(12-15)24(26,27)28/h2-13H,1H3,(H2,30,31,32). The van der Waals surface area contributed by atoms with Crippen LogP contribution in [0.2, 0.25) is 0 Å². The van der Waals surface area contributed by atoms with Gasteiger partial charge in [0.15, 0.2) is 0 Å². The van der Waals surface area contributed by atoms with Crippen molar-refractivity contribution in [2.45, 2.75) is 6.18 Å². The van der Waals surface area contributed by atoms with E-state index in [0.29, 0.717) is 22.9 Å². The molecule has 0 aliphatic carbocycles. The zero-order valence-corrected chi connectivity index (χ0v) is 19.2. The molecule has 0 fully saturated rings. The number of nitrogens with one attached hydrogen (secondary N) is 2. The molecule has 0 atom stereocenters. The van der Waals surface area contributed by atoms with Crippen LogP contribution in [0.1, 0.15) is 5.56 Å². The number of carbonyl (C=O) groups is 1. The lowest BCUT2D eigenvalue weighted by Gasteiger charge is -2.13. The van der Waals surface area contributed by atoms with Gasteiger partial charge in [0.1, 0.15) is 17.2 Å². The number of nitrogens with zero attached hydrogens (tertiary/aromatic N) is 1. The third-order valence-corrected chi connectivity index (χ3v) is 5.47. The molecule has 6 nitrogen and oxygen atoms in total. The zero-order valence-electron chi connectivity index (χ0n) is 17.6. The Morgan fingerprint density at radius 3 is 2.29 bits per heavy atom. The summed E-state index contributed by atoms with van der Waals surface area (Å²) >= 11 is 2.87. The number of ether oxygens (including phenoxy) is 2. The predicted molar refractivity (Wildman–Crippen MR) is 127 cm³/mol. The predicted octanol–water partition coefficient (Wildman–Crippen LogP) is 7.46. The van der Waals surface area contributed by atoms with Crippen molar-refractivity contribution in [2.75, 3.05) is 17.7 Å². The third-order valence-electron chi connectivity index (χ3n) is 4.78. The Kier molecular flexibility index (Phi) is 6.60. The molecule has 0 unspecified atom stereocenters. The highest BCUT2D eigenvalue weighted by molar-refractivity contribution is 9.10. The number of amides is 2. The summed E-state index contributed by atoms with van der Waals surface area (Å²) in [5, 5.41) is 5.74. The molecule has 4 aromatic rings. The van der Waals surface area contributed by atoms with Crippen molar-refractivity contribution in [1.29, 1.82) is 0 Å². The lowest BCUT2D eigenvalue weighted by atomic mass is 10.2. The molecule has 2 amide bonds. The van der Waals surface area contributed by atoms with E-state index in [0.717, 1.165) is 17.0 Å². The van der Waals surface area contributed by atoms with Crippen molar-refractivity contribution in [3.63, 3.8) is 0 Å². The number of anilines is 2. The minimum absolute atomic E-state index is 0.00738. The Bertz CT molecular complexity index is 1350. The minimum Gasteiger partial charge on any atom is -0.497 e. The molecule has 1 heterocycles. The largest absolute Gasteiger partial charge is 0.497 e. The van der Waals surface area contributed by atoms with Gasteiger partial charge in [-0.1, -0.05) is 15.9 Å². The van der Waals surface area contributed by atoms with Gasteiger partial charge in [-0.2, -0.15) is 13.2 Å². The van der Waals surface area contributed by atoms with Gasteiger partial charge < -0.3 is 20.1 Å². The second-order valence-corrected chi connectivity index (χ2v) is 7.94. The van der Waals surface area contributed by atoms with Gasteiger partial charge in [-0.05, 0) is 66.7 Å². The first kappa shape index (κ1) is 23.4. The molecule has 10 heteroatoms. The van der Waals surface area contributed by atoms with Crippen LogP contribution in [0.15, 0.2) is 77.4 Å². The van der Waals surface area contributed by atoms with Crippen LogP contribution in [0.3, 0.4) is 0 Å². The highest BCUT2D eigenvalue weighted by Gasteiger charge is 2.33. The Hall–Kier alpha value is -3.79. The van der Waals surface area contributed by atoms with E-state index >= 15 is 0 Å². The van der Waals surface area contributed by atoms with Crippen molar-refractivity contribution >= 4 is 44.2 Å². The number of benzene rings is 3. The number of hydrogen-bond donors (Lipinski definition) is 2. The molecule has 2 N–H and O–H groups in total. The zero-order chi connectivity index (χ0) is 24.3. The highest BCUT2D eigenvalue weighted by atomic mass is 79.9. The average Bonchev–Trinajstić information content (AvgIpc) is 2.81. The molecule has 0 spiro atoms. The number of alkyl halides is 3. The fourth-order valence-electron chi connectivity index (χ4n) is 3.16. The topological polar surface area (TPSA) is 72.5 Å². The molecule has 174 valence electrons. The van der Waals surface area contributed by atoms with Crippen molar-refractivity contribution in [3.05, 3.63) is 83.0 Å². The molecule has 0 aliphatic rings. The average molecular weight is 532 g/mol. The Morgan fingerprint density at radius 1 is 0.912 bits per heavy atom. The second-order valence-electron chi connectivity index (χ2n) is 7.09. The van der Waals surface area contributed by atoms with Gasteiger partial charge >= 0.3 is 12.2 Å². The Morgan fingerprint density at radius 2 is 1.59 bits per heavy atom. The maximum atomic E-state index is 13.1. The van der Waals surface area contributed by atoms with Crippen LogP contribution in [-0.2, 0) is 6.18 Å². The number of aromatic nitrogens is 1. The fourth-order valence-corrected chi connectivity index (χ4v) is 3.63. The lowest BCUT2D eigenvalue weighted by Crippen LogP contribution is -2.19. The number of fused-ring (bicyclic) bond motifs is 1. The van der Waals surface area contributed by atoms with Gasteiger partial charge in [0.2, 0.25) is 0 Å². The smallest absolute Gasteiger partial charge is 0.417 e. The molecule has 0 saturated heterocycles. The van der Waals surface area contributed by atoms with Gasteiger partial charge in [0.05, 0.1) is 18.2 Å². The summed E-state index contributed by atoms with van der Waals surface area (Å²) < 4.78 is 50.3. The summed E-state index contributed by atoms with van der Waals surface area (Å²) in [5.41, 5.74) is 0.301. The number of halogens is 4. The van der Waals surface area contributed by atoms with E-state index in [-0.39, 0.29) is 10.2 Å². The summed E-state index contributed by atoms with van der Waals surface area (Å²) in [5.74, 6) is 1.77. The Labute approximate surface area is 200 Å². The molecule has 0 aliphatic heterocycles. The number of carbonyl (C=O) groups excluding carboxylic acids is 1. The first-order valence-corrected chi connectivity index (χ1v) is 10.7. The first-order chi connectivity index (χ1) is 16.2. The third kappa shape index (κ3) is 5.40. The first-order valence-electron chi connectivity index (χ1n) is 9.88. The van der Waals surface area contributed by atoms with Crippen LogP contribution < -0.4 is 20.1 Å². The number of pyridine rings is 1. The van der Waals surface area contributed by atoms with Crippen LogP contribution in [0.4, 0.5) is 29.3 Å². The molecule has 0 bridgehead atoms. The molecule has 3 aromatic carbocycles. The quantitative estimate of drug-likeness (QED) is 0.280. The summed E-state index contributed by atoms with van der Waals surface area (Å²) in [4.78, 5) is 16.6. The lowest BCUT2D eigenvalue weighted by molar-refractivity contribution is -0.138. The van der Waals surface area contributed by atoms with Crippen LogP contribution >= 0.6 is 15.9 Å². The molecule has 0 saturated carbocycles. The van der Waals surface area contributed by atoms with Crippen molar-refractivity contribution in [2.24, 2.45) is 0 Å². The van der Waals surface area contributed by atoms with E-state index in [2.05, 4.69) is 31.5 Å². The van der Waals surface area contributed by atoms with Crippen LogP contribution in [0, 0.1) is 0 Å². The van der Waals surface area contributed by atoms with Crippen LogP contribution in [-0.4, -0.2) is 18.1 Å². The highest BCUT2D eigenvalue weighted by Crippen LogP contribution is 2.36. The van der Waals surface area contributed by atoms with Crippen LogP contribution in [0.25, 0.3) is 10.9 Å². The van der Waals surface area contributed by atoms with Gasteiger partial charge in [-0.3, -0.25) is 4.98 Å². The van der Waals surface area contributed by atoms with E-state index < -0.39 is 17.8 Å². The molecular weight excluding hydrogens is 515 g/mol. The number of rotatable bonds is 5. The van der Waals surface area contributed by atoms with E-state index in [1.54, 1.807) is 43.6 Å². The second kappa shape index (κ2) is 9.60. The normalized spacial score (nSPS) is 11.2. The van der Waals surface area contributed by atoms with Crippen molar-refractivity contribution in [3.8, 4) is 17.2 Å². The van der Waals surface area contributed by atoms with E-state index in [1.165, 1.54) is 12.1 Å². The van der Waals surface area contributed by atoms with Crippen LogP contribution in [0.5, 0.6) is 17.2 Å².